The summed E-state index contributed by atoms with van der Waals surface area (Å²) in [6.07, 6.45) is 0. The SMILES string of the molecule is CC.CC.COc1cccc(P(c2cccc(OC)c2)c2cccc(OC)c2)c1. The Balaban J connectivity index is 0.000000989. The van der Waals surface area contributed by atoms with Crippen LogP contribution in [0.2, 0.25) is 0 Å². The Kier molecular flexibility index (Phi) is 11.5. The molecule has 3 nitrogen and oxygen atoms in total. The fourth-order valence-corrected chi connectivity index (χ4v) is 5.06. The van der Waals surface area contributed by atoms with Gasteiger partial charge in [0, 0.05) is 0 Å². The molecule has 0 spiro atoms. The van der Waals surface area contributed by atoms with Crippen LogP contribution in [0.3, 0.4) is 0 Å². The van der Waals surface area contributed by atoms with Gasteiger partial charge in [0.25, 0.3) is 0 Å². The Morgan fingerprint density at radius 3 is 1.00 bits per heavy atom. The van der Waals surface area contributed by atoms with E-state index < -0.39 is 7.92 Å². The zero-order chi connectivity index (χ0) is 21.6. The topological polar surface area (TPSA) is 27.7 Å². The van der Waals surface area contributed by atoms with Gasteiger partial charge in [-0.1, -0.05) is 64.1 Å². The predicted octanol–water partition coefficient (Wildman–Crippen LogP) is 5.52. The summed E-state index contributed by atoms with van der Waals surface area (Å²) in [7, 11) is 4.33. The highest BCUT2D eigenvalue weighted by Crippen LogP contribution is 2.35. The molecule has 0 atom stereocenters. The zero-order valence-electron chi connectivity index (χ0n) is 18.6. The Bertz CT molecular complexity index is 736. The second-order valence-electron chi connectivity index (χ2n) is 5.44. The molecule has 156 valence electrons. The Morgan fingerprint density at radius 2 is 0.759 bits per heavy atom. The largest absolute Gasteiger partial charge is 0.497 e. The minimum absolute atomic E-state index is 0.752. The first-order valence-corrected chi connectivity index (χ1v) is 11.3. The maximum Gasteiger partial charge on any atom is 0.119 e. The Morgan fingerprint density at radius 1 is 0.483 bits per heavy atom. The van der Waals surface area contributed by atoms with E-state index in [9.17, 15) is 0 Å². The molecule has 0 unspecified atom stereocenters. The molecule has 0 aliphatic rings. The standard InChI is InChI=1S/C21H21O3P.2C2H6/c1-22-16-7-4-10-19(13-16)25(20-11-5-8-17(14-20)23-2)21-12-6-9-18(15-21)24-3;2*1-2/h4-15H,1-3H3;2*1-2H3. The molecule has 0 amide bonds. The summed E-state index contributed by atoms with van der Waals surface area (Å²) in [4.78, 5) is 0. The molecule has 0 aliphatic heterocycles. The lowest BCUT2D eigenvalue weighted by Gasteiger charge is -2.21. The van der Waals surface area contributed by atoms with E-state index in [0.717, 1.165) is 17.2 Å². The summed E-state index contributed by atoms with van der Waals surface area (Å²) in [5.74, 6) is 2.57. The van der Waals surface area contributed by atoms with Crippen LogP contribution in [0, 0.1) is 0 Å². The smallest absolute Gasteiger partial charge is 0.119 e. The Hall–Kier alpha value is -2.51. The van der Waals surface area contributed by atoms with Gasteiger partial charge in [0.1, 0.15) is 17.2 Å². The van der Waals surface area contributed by atoms with E-state index in [-0.39, 0.29) is 0 Å². The third-order valence-corrected chi connectivity index (χ3v) is 6.32. The van der Waals surface area contributed by atoms with Gasteiger partial charge in [-0.3, -0.25) is 0 Å². The number of rotatable bonds is 6. The average molecular weight is 413 g/mol. The lowest BCUT2D eigenvalue weighted by molar-refractivity contribution is 0.415. The van der Waals surface area contributed by atoms with Crippen molar-refractivity contribution in [2.75, 3.05) is 21.3 Å². The van der Waals surface area contributed by atoms with Gasteiger partial charge in [-0.15, -0.1) is 0 Å². The third kappa shape index (κ3) is 6.80. The molecule has 3 aromatic rings. The first-order chi connectivity index (χ1) is 14.2. The average Bonchev–Trinajstić information content (AvgIpc) is 2.82. The molecule has 4 heteroatoms. The van der Waals surface area contributed by atoms with Crippen LogP contribution in [-0.4, -0.2) is 21.3 Å². The molecule has 29 heavy (non-hydrogen) atoms. The number of hydrogen-bond donors (Lipinski definition) is 0. The zero-order valence-corrected chi connectivity index (χ0v) is 19.5. The summed E-state index contributed by atoms with van der Waals surface area (Å²) >= 11 is 0. The minimum Gasteiger partial charge on any atom is -0.497 e. The predicted molar refractivity (Wildman–Crippen MR) is 128 cm³/mol. The van der Waals surface area contributed by atoms with Gasteiger partial charge in [-0.05, 0) is 60.2 Å². The maximum absolute atomic E-state index is 5.43. The molecule has 0 N–H and O–H groups in total. The van der Waals surface area contributed by atoms with E-state index in [0.29, 0.717) is 0 Å². The summed E-state index contributed by atoms with van der Waals surface area (Å²) < 4.78 is 16.3. The van der Waals surface area contributed by atoms with E-state index >= 15 is 0 Å². The van der Waals surface area contributed by atoms with Gasteiger partial charge in [0.05, 0.1) is 21.3 Å². The summed E-state index contributed by atoms with van der Waals surface area (Å²) in [5, 5.41) is 3.66. The van der Waals surface area contributed by atoms with Crippen molar-refractivity contribution >= 4 is 23.8 Å². The molecule has 0 radical (unpaired) electrons. The molecule has 0 saturated heterocycles. The fourth-order valence-electron chi connectivity index (χ4n) is 2.70. The molecule has 3 rings (SSSR count). The minimum atomic E-state index is -0.752. The van der Waals surface area contributed by atoms with Crippen LogP contribution < -0.4 is 30.1 Å². The van der Waals surface area contributed by atoms with Crippen LogP contribution in [0.15, 0.2) is 72.8 Å². The lowest BCUT2D eigenvalue weighted by atomic mass is 10.3. The summed E-state index contributed by atoms with van der Waals surface area (Å²) in [6.45, 7) is 8.00. The molecule has 0 aromatic heterocycles. The molecule has 3 aromatic carbocycles. The van der Waals surface area contributed by atoms with Crippen LogP contribution in [-0.2, 0) is 0 Å². The van der Waals surface area contributed by atoms with Crippen LogP contribution in [0.1, 0.15) is 27.7 Å². The molecule has 0 saturated carbocycles. The van der Waals surface area contributed by atoms with Crippen LogP contribution in [0.4, 0.5) is 0 Å². The molecule has 0 aliphatic carbocycles. The van der Waals surface area contributed by atoms with E-state index in [1.165, 1.54) is 15.9 Å². The van der Waals surface area contributed by atoms with Gasteiger partial charge in [0.15, 0.2) is 0 Å². The lowest BCUT2D eigenvalue weighted by Crippen LogP contribution is -2.21. The fraction of sp³-hybridized carbons (Fsp3) is 0.280. The van der Waals surface area contributed by atoms with Gasteiger partial charge < -0.3 is 14.2 Å². The van der Waals surface area contributed by atoms with Crippen LogP contribution in [0.5, 0.6) is 17.2 Å². The monoisotopic (exact) mass is 412 g/mol. The number of hydrogen-bond acceptors (Lipinski definition) is 3. The van der Waals surface area contributed by atoms with Gasteiger partial charge >= 0.3 is 0 Å². The second-order valence-corrected chi connectivity index (χ2v) is 7.66. The third-order valence-electron chi connectivity index (χ3n) is 3.93. The van der Waals surface area contributed by atoms with Crippen molar-refractivity contribution in [2.24, 2.45) is 0 Å². The molecular weight excluding hydrogens is 379 g/mol. The molecule has 0 fully saturated rings. The maximum atomic E-state index is 5.43. The van der Waals surface area contributed by atoms with Crippen molar-refractivity contribution in [3.05, 3.63) is 72.8 Å². The summed E-state index contributed by atoms with van der Waals surface area (Å²) in [6, 6.07) is 24.7. The van der Waals surface area contributed by atoms with Crippen molar-refractivity contribution in [1.82, 2.24) is 0 Å². The summed E-state index contributed by atoms with van der Waals surface area (Å²) in [5.41, 5.74) is 0. The number of benzene rings is 3. The van der Waals surface area contributed by atoms with Crippen LogP contribution in [0.25, 0.3) is 0 Å². The van der Waals surface area contributed by atoms with E-state index in [1.54, 1.807) is 21.3 Å². The van der Waals surface area contributed by atoms with Crippen molar-refractivity contribution in [1.29, 1.82) is 0 Å². The first-order valence-electron chi connectivity index (χ1n) is 9.97. The quantitative estimate of drug-likeness (QED) is 0.499. The van der Waals surface area contributed by atoms with Crippen molar-refractivity contribution in [2.45, 2.75) is 27.7 Å². The van der Waals surface area contributed by atoms with E-state index in [1.807, 2.05) is 64.1 Å². The van der Waals surface area contributed by atoms with E-state index in [2.05, 4.69) is 36.4 Å². The van der Waals surface area contributed by atoms with Gasteiger partial charge in [0.2, 0.25) is 0 Å². The molecule has 0 heterocycles. The number of ether oxygens (including phenoxy) is 3. The second kappa shape index (κ2) is 13.6. The first kappa shape index (κ1) is 24.5. The normalized spacial score (nSPS) is 9.52. The van der Waals surface area contributed by atoms with Gasteiger partial charge in [-0.25, -0.2) is 0 Å². The highest BCUT2D eigenvalue weighted by atomic mass is 31.1. The Labute approximate surface area is 177 Å². The highest BCUT2D eigenvalue weighted by molar-refractivity contribution is 7.79. The van der Waals surface area contributed by atoms with Crippen molar-refractivity contribution in [3.8, 4) is 17.2 Å². The highest BCUT2D eigenvalue weighted by Gasteiger charge is 2.18. The van der Waals surface area contributed by atoms with Gasteiger partial charge in [-0.2, -0.15) is 0 Å². The molecule has 0 bridgehead atoms. The van der Waals surface area contributed by atoms with Crippen molar-refractivity contribution < 1.29 is 14.2 Å². The number of methoxy groups -OCH3 is 3. The van der Waals surface area contributed by atoms with Crippen LogP contribution >= 0.6 is 7.92 Å². The van der Waals surface area contributed by atoms with Crippen molar-refractivity contribution in [3.63, 3.8) is 0 Å². The van der Waals surface area contributed by atoms with E-state index in [4.69, 9.17) is 14.2 Å². The molecular formula is C25H33O3P.